The van der Waals surface area contributed by atoms with Gasteiger partial charge in [0.05, 0.1) is 19.8 Å². The largest absolute Gasteiger partial charge is 0.487 e. The molecule has 0 atom stereocenters. The maximum absolute atomic E-state index is 12.4. The van der Waals surface area contributed by atoms with Crippen molar-refractivity contribution in [3.05, 3.63) is 60.2 Å². The summed E-state index contributed by atoms with van der Waals surface area (Å²) in [7, 11) is 1.90. The third-order valence-corrected chi connectivity index (χ3v) is 7.45. The molecule has 188 valence electrons. The number of anilines is 1. The molecule has 6 rings (SSSR count). The lowest BCUT2D eigenvalue weighted by atomic mass is 9.86. The zero-order chi connectivity index (χ0) is 24.5. The maximum atomic E-state index is 12.4. The van der Waals surface area contributed by atoms with Crippen molar-refractivity contribution in [3.63, 3.8) is 0 Å². The summed E-state index contributed by atoms with van der Waals surface area (Å²) in [5.41, 5.74) is 4.26. The van der Waals surface area contributed by atoms with E-state index in [1.165, 1.54) is 11.1 Å². The van der Waals surface area contributed by atoms with Gasteiger partial charge in [-0.25, -0.2) is 9.78 Å². The predicted octanol–water partition coefficient (Wildman–Crippen LogP) is 3.32. The number of morpholine rings is 1. The molecule has 2 aromatic carbocycles. The Balaban J connectivity index is 1.07. The van der Waals surface area contributed by atoms with Gasteiger partial charge < -0.3 is 19.7 Å². The minimum absolute atomic E-state index is 0.0756. The second kappa shape index (κ2) is 9.55. The van der Waals surface area contributed by atoms with Gasteiger partial charge in [0.25, 0.3) is 0 Å². The Morgan fingerprint density at radius 3 is 2.50 bits per heavy atom. The van der Waals surface area contributed by atoms with Gasteiger partial charge in [0.15, 0.2) is 5.82 Å². The summed E-state index contributed by atoms with van der Waals surface area (Å²) in [6.45, 7) is 5.20. The van der Waals surface area contributed by atoms with Crippen molar-refractivity contribution in [2.75, 3.05) is 44.7 Å². The van der Waals surface area contributed by atoms with E-state index in [0.29, 0.717) is 26.3 Å². The van der Waals surface area contributed by atoms with Crippen molar-refractivity contribution in [3.8, 4) is 16.9 Å². The molecule has 0 saturated carbocycles. The van der Waals surface area contributed by atoms with Gasteiger partial charge in [-0.2, -0.15) is 5.10 Å². The minimum Gasteiger partial charge on any atom is -0.487 e. The van der Waals surface area contributed by atoms with Crippen molar-refractivity contribution in [1.82, 2.24) is 24.6 Å². The molecular weight excluding hydrogens is 456 g/mol. The van der Waals surface area contributed by atoms with Gasteiger partial charge in [-0.05, 0) is 41.0 Å². The molecule has 3 aliphatic heterocycles. The lowest BCUT2D eigenvalue weighted by Crippen LogP contribution is -2.47. The molecule has 9 heteroatoms. The Hall–Kier alpha value is -3.43. The summed E-state index contributed by atoms with van der Waals surface area (Å²) in [5, 5.41) is 7.40. The highest BCUT2D eigenvalue weighted by Crippen LogP contribution is 2.42. The molecule has 1 aromatic heterocycles. The number of nitrogens with one attached hydrogen (secondary N) is 1. The van der Waals surface area contributed by atoms with Crippen molar-refractivity contribution < 1.29 is 14.3 Å². The predicted molar refractivity (Wildman–Crippen MR) is 136 cm³/mol. The van der Waals surface area contributed by atoms with Crippen LogP contribution in [0.4, 0.5) is 10.5 Å². The number of aryl methyl sites for hydroxylation is 1. The van der Waals surface area contributed by atoms with Gasteiger partial charge in [0.1, 0.15) is 17.7 Å². The van der Waals surface area contributed by atoms with Crippen LogP contribution < -0.4 is 10.1 Å². The topological polar surface area (TPSA) is 84.8 Å². The van der Waals surface area contributed by atoms with E-state index >= 15 is 0 Å². The number of amides is 2. The third kappa shape index (κ3) is 4.81. The molecule has 0 bridgehead atoms. The van der Waals surface area contributed by atoms with Crippen LogP contribution in [0.15, 0.2) is 48.8 Å². The molecule has 4 heterocycles. The first kappa shape index (κ1) is 23.0. The number of piperidine rings is 1. The lowest BCUT2D eigenvalue weighted by Gasteiger charge is -2.38. The van der Waals surface area contributed by atoms with E-state index in [2.05, 4.69) is 50.6 Å². The summed E-state index contributed by atoms with van der Waals surface area (Å²) in [5.74, 6) is 1.88. The molecule has 0 unspecified atom stereocenters. The normalized spacial score (nSPS) is 19.2. The molecule has 2 amide bonds. The van der Waals surface area contributed by atoms with E-state index < -0.39 is 0 Å². The van der Waals surface area contributed by atoms with Crippen LogP contribution in [-0.4, -0.2) is 75.6 Å². The number of benzene rings is 2. The van der Waals surface area contributed by atoms with Crippen molar-refractivity contribution in [1.29, 1.82) is 0 Å². The first-order chi connectivity index (χ1) is 17.6. The second-order valence-corrected chi connectivity index (χ2v) is 10.0. The van der Waals surface area contributed by atoms with E-state index in [0.717, 1.165) is 61.7 Å². The molecular formula is C27H32N6O3. The number of likely N-dealkylation sites (tertiary alicyclic amines) is 1. The average Bonchev–Trinajstić information content (AvgIpc) is 3.48. The van der Waals surface area contributed by atoms with E-state index in [1.807, 2.05) is 19.2 Å². The smallest absolute Gasteiger partial charge is 0.321 e. The molecule has 0 radical (unpaired) electrons. The maximum Gasteiger partial charge on any atom is 0.321 e. The van der Waals surface area contributed by atoms with E-state index in [1.54, 1.807) is 15.9 Å². The Kier molecular flexibility index (Phi) is 6.10. The van der Waals surface area contributed by atoms with Gasteiger partial charge in [-0.3, -0.25) is 9.58 Å². The molecule has 1 N–H and O–H groups in total. The van der Waals surface area contributed by atoms with Gasteiger partial charge in [0.2, 0.25) is 0 Å². The fourth-order valence-corrected chi connectivity index (χ4v) is 5.38. The summed E-state index contributed by atoms with van der Waals surface area (Å²) in [4.78, 5) is 21.0. The van der Waals surface area contributed by atoms with Crippen LogP contribution in [0.3, 0.4) is 0 Å². The molecule has 1 spiro atoms. The van der Waals surface area contributed by atoms with Crippen LogP contribution in [-0.2, 0) is 24.8 Å². The summed E-state index contributed by atoms with van der Waals surface area (Å²) < 4.78 is 13.6. The SMILES string of the molecule is Cn1cnc(CN2CCC3(CC2)Cc2cc(-c4ccc(NC(=O)N5CCOCC5)cc4)ccc2O3)n1. The quantitative estimate of drug-likeness (QED) is 0.607. The van der Waals surface area contributed by atoms with Gasteiger partial charge in [0, 0.05) is 58.2 Å². The molecule has 36 heavy (non-hydrogen) atoms. The van der Waals surface area contributed by atoms with Crippen LogP contribution in [0.5, 0.6) is 5.75 Å². The number of urea groups is 1. The minimum atomic E-state index is -0.108. The standard InChI is InChI=1S/C27H32N6O3/c1-31-19-28-25(30-31)18-32-10-8-27(9-11-32)17-22-16-21(4-7-24(22)36-27)20-2-5-23(6-3-20)29-26(34)33-12-14-35-15-13-33/h2-7,16,19H,8-15,17-18H2,1H3,(H,29,34). The number of rotatable bonds is 4. The van der Waals surface area contributed by atoms with Crippen LogP contribution in [0.25, 0.3) is 11.1 Å². The van der Waals surface area contributed by atoms with Crippen LogP contribution in [0, 0.1) is 0 Å². The van der Waals surface area contributed by atoms with E-state index in [-0.39, 0.29) is 11.6 Å². The molecule has 2 fully saturated rings. The molecule has 2 saturated heterocycles. The first-order valence-corrected chi connectivity index (χ1v) is 12.7. The summed E-state index contributed by atoms with van der Waals surface area (Å²) in [6, 6.07) is 14.5. The first-order valence-electron chi connectivity index (χ1n) is 12.7. The average molecular weight is 489 g/mol. The fraction of sp³-hybridized carbons (Fsp3) is 0.444. The molecule has 3 aliphatic rings. The van der Waals surface area contributed by atoms with Crippen LogP contribution >= 0.6 is 0 Å². The number of hydrogen-bond acceptors (Lipinski definition) is 6. The summed E-state index contributed by atoms with van der Waals surface area (Å²) >= 11 is 0. The third-order valence-electron chi connectivity index (χ3n) is 7.45. The van der Waals surface area contributed by atoms with E-state index in [9.17, 15) is 4.79 Å². The Bertz CT molecular complexity index is 1230. The number of carbonyl (C=O) groups excluding carboxylic acids is 1. The number of ether oxygens (including phenoxy) is 2. The van der Waals surface area contributed by atoms with Crippen LogP contribution in [0.2, 0.25) is 0 Å². The number of hydrogen-bond donors (Lipinski definition) is 1. The Labute approximate surface area is 211 Å². The van der Waals surface area contributed by atoms with Crippen LogP contribution in [0.1, 0.15) is 24.2 Å². The second-order valence-electron chi connectivity index (χ2n) is 10.0. The van der Waals surface area contributed by atoms with Crippen molar-refractivity contribution >= 4 is 11.7 Å². The Morgan fingerprint density at radius 2 is 1.78 bits per heavy atom. The van der Waals surface area contributed by atoms with Crippen molar-refractivity contribution in [2.24, 2.45) is 7.05 Å². The number of aromatic nitrogens is 3. The molecule has 3 aromatic rings. The molecule has 0 aliphatic carbocycles. The number of carbonyl (C=O) groups is 1. The monoisotopic (exact) mass is 488 g/mol. The Morgan fingerprint density at radius 1 is 1.03 bits per heavy atom. The highest BCUT2D eigenvalue weighted by Gasteiger charge is 2.42. The van der Waals surface area contributed by atoms with Gasteiger partial charge in [-0.1, -0.05) is 18.2 Å². The zero-order valence-corrected chi connectivity index (χ0v) is 20.7. The lowest BCUT2D eigenvalue weighted by molar-refractivity contribution is 0.0163. The van der Waals surface area contributed by atoms with E-state index in [4.69, 9.17) is 9.47 Å². The molecule has 9 nitrogen and oxygen atoms in total. The summed E-state index contributed by atoms with van der Waals surface area (Å²) in [6.07, 6.45) is 4.70. The highest BCUT2D eigenvalue weighted by molar-refractivity contribution is 5.89. The highest BCUT2D eigenvalue weighted by atomic mass is 16.5. The number of fused-ring (bicyclic) bond motifs is 1. The van der Waals surface area contributed by atoms with Crippen molar-refractivity contribution in [2.45, 2.75) is 31.4 Å². The van der Waals surface area contributed by atoms with Gasteiger partial charge >= 0.3 is 6.03 Å². The fourth-order valence-electron chi connectivity index (χ4n) is 5.38. The van der Waals surface area contributed by atoms with Gasteiger partial charge in [-0.15, -0.1) is 0 Å². The zero-order valence-electron chi connectivity index (χ0n) is 20.7. The number of nitrogens with zero attached hydrogens (tertiary/aromatic N) is 5.